The molecule has 10 nitrogen and oxygen atoms in total. The van der Waals surface area contributed by atoms with Crippen molar-refractivity contribution in [3.8, 4) is 11.5 Å². The number of aromatic nitrogens is 7. The fourth-order valence-corrected chi connectivity index (χ4v) is 5.09. The van der Waals surface area contributed by atoms with Crippen LogP contribution in [0, 0.1) is 6.92 Å². The van der Waals surface area contributed by atoms with Gasteiger partial charge in [-0.2, -0.15) is 5.10 Å². The van der Waals surface area contributed by atoms with Gasteiger partial charge in [-0.15, -0.1) is 21.5 Å². The summed E-state index contributed by atoms with van der Waals surface area (Å²) in [4.78, 5) is 27.7. The number of imidazole rings is 1. The van der Waals surface area contributed by atoms with E-state index in [0.717, 1.165) is 32.3 Å². The summed E-state index contributed by atoms with van der Waals surface area (Å²) in [5, 5.41) is 13.1. The Morgan fingerprint density at radius 1 is 1.28 bits per heavy atom. The molecule has 32 heavy (non-hydrogen) atoms. The van der Waals surface area contributed by atoms with Crippen molar-refractivity contribution in [1.29, 1.82) is 0 Å². The third kappa shape index (κ3) is 2.85. The van der Waals surface area contributed by atoms with Crippen molar-refractivity contribution in [2.75, 3.05) is 6.54 Å². The van der Waals surface area contributed by atoms with Crippen LogP contribution in [-0.2, 0) is 13.5 Å². The Bertz CT molecular complexity index is 1430. The predicted octanol–water partition coefficient (Wildman–Crippen LogP) is 2.90. The number of nitrogens with zero attached hydrogens (tertiary/aromatic N) is 7. The number of fused-ring (bicyclic) bond motifs is 2. The van der Waals surface area contributed by atoms with E-state index in [1.807, 2.05) is 38.2 Å². The first kappa shape index (κ1) is 18.9. The lowest BCUT2D eigenvalue weighted by Gasteiger charge is -2.32. The van der Waals surface area contributed by atoms with Crippen LogP contribution in [0.25, 0.3) is 21.7 Å². The summed E-state index contributed by atoms with van der Waals surface area (Å²) in [6.07, 6.45) is 3.97. The van der Waals surface area contributed by atoms with Crippen LogP contribution in [0.5, 0.6) is 0 Å². The van der Waals surface area contributed by atoms with E-state index < -0.39 is 6.04 Å². The van der Waals surface area contributed by atoms with Gasteiger partial charge in [-0.1, -0.05) is 12.1 Å². The van der Waals surface area contributed by atoms with E-state index >= 15 is 0 Å². The molecule has 160 valence electrons. The second kappa shape index (κ2) is 7.09. The second-order valence-corrected chi connectivity index (χ2v) is 8.68. The van der Waals surface area contributed by atoms with Gasteiger partial charge in [0.15, 0.2) is 0 Å². The van der Waals surface area contributed by atoms with E-state index in [1.54, 1.807) is 33.4 Å². The van der Waals surface area contributed by atoms with E-state index in [9.17, 15) is 4.79 Å². The van der Waals surface area contributed by atoms with E-state index in [0.29, 0.717) is 18.5 Å². The highest BCUT2D eigenvalue weighted by molar-refractivity contribution is 7.18. The third-order valence-corrected chi connectivity index (χ3v) is 6.89. The normalized spacial score (nSPS) is 15.9. The molecule has 0 fully saturated rings. The number of nitrogens with one attached hydrogen (secondary N) is 1. The second-order valence-electron chi connectivity index (χ2n) is 7.62. The van der Waals surface area contributed by atoms with Gasteiger partial charge in [-0.05, 0) is 19.1 Å². The van der Waals surface area contributed by atoms with Crippen molar-refractivity contribution in [3.05, 3.63) is 64.8 Å². The average Bonchev–Trinajstić information content (AvgIpc) is 3.59. The molecule has 5 aromatic rings. The molecular formula is C21H18N8O2S. The summed E-state index contributed by atoms with van der Waals surface area (Å²) >= 11 is 1.56. The van der Waals surface area contributed by atoms with Crippen LogP contribution in [-0.4, -0.2) is 52.3 Å². The molecule has 6 rings (SSSR count). The van der Waals surface area contributed by atoms with Crippen LogP contribution in [0.15, 0.2) is 41.2 Å². The molecule has 5 heterocycles. The molecule has 4 aromatic heterocycles. The maximum atomic E-state index is 13.5. The lowest BCUT2D eigenvalue weighted by Crippen LogP contribution is -2.40. The number of aryl methyl sites for hydroxylation is 1. The molecule has 1 atom stereocenters. The molecule has 0 radical (unpaired) electrons. The molecule has 11 heteroatoms. The van der Waals surface area contributed by atoms with Gasteiger partial charge in [0, 0.05) is 31.4 Å². The van der Waals surface area contributed by atoms with Gasteiger partial charge >= 0.3 is 11.8 Å². The zero-order valence-corrected chi connectivity index (χ0v) is 18.1. The number of rotatable bonds is 3. The zero-order chi connectivity index (χ0) is 21.8. The molecule has 1 N–H and O–H groups in total. The molecule has 1 aromatic carbocycles. The minimum atomic E-state index is -0.426. The van der Waals surface area contributed by atoms with E-state index in [1.165, 1.54) is 0 Å². The zero-order valence-electron chi connectivity index (χ0n) is 17.3. The van der Waals surface area contributed by atoms with Gasteiger partial charge in [0.2, 0.25) is 0 Å². The first-order valence-corrected chi connectivity index (χ1v) is 10.9. The lowest BCUT2D eigenvalue weighted by molar-refractivity contribution is 0.0650. The monoisotopic (exact) mass is 446 g/mol. The van der Waals surface area contributed by atoms with Gasteiger partial charge in [0.05, 0.1) is 34.0 Å². The summed E-state index contributed by atoms with van der Waals surface area (Å²) in [6.45, 7) is 2.39. The standard InChI is InChI=1S/C21H18N8O2S/c1-11-12(9-24-28(11)2)18-26-27-19(31-18)21(30)29-8-7-14-16(23-10-22-14)17(29)20-25-13-5-3-4-6-15(13)32-20/h3-6,9-10,17H,7-8H2,1-2H3,(H,22,23)/t17-/m0/s1. The van der Waals surface area contributed by atoms with Crippen LogP contribution in [0.4, 0.5) is 0 Å². The fourth-order valence-electron chi connectivity index (χ4n) is 4.00. The average molecular weight is 446 g/mol. The molecule has 0 bridgehead atoms. The molecule has 1 amide bonds. The van der Waals surface area contributed by atoms with Crippen molar-refractivity contribution in [1.82, 2.24) is 39.8 Å². The molecule has 1 aliphatic heterocycles. The molecule has 0 spiro atoms. The van der Waals surface area contributed by atoms with Crippen molar-refractivity contribution in [2.24, 2.45) is 7.05 Å². The van der Waals surface area contributed by atoms with Gasteiger partial charge in [-0.25, -0.2) is 9.97 Å². The molecule has 0 aliphatic carbocycles. The number of hydrogen-bond acceptors (Lipinski definition) is 8. The maximum absolute atomic E-state index is 13.5. The topological polar surface area (TPSA) is 119 Å². The van der Waals surface area contributed by atoms with Crippen LogP contribution >= 0.6 is 11.3 Å². The Labute approximate surface area is 185 Å². The largest absolute Gasteiger partial charge is 0.412 e. The Morgan fingerprint density at radius 3 is 2.97 bits per heavy atom. The molecular weight excluding hydrogens is 428 g/mol. The number of benzene rings is 1. The summed E-state index contributed by atoms with van der Waals surface area (Å²) in [7, 11) is 1.83. The third-order valence-electron chi connectivity index (χ3n) is 5.80. The highest BCUT2D eigenvalue weighted by Gasteiger charge is 2.38. The molecule has 0 saturated carbocycles. The van der Waals surface area contributed by atoms with Crippen molar-refractivity contribution >= 4 is 27.5 Å². The van der Waals surface area contributed by atoms with Gasteiger partial charge < -0.3 is 14.3 Å². The SMILES string of the molecule is Cc1c(-c2nnc(C(=O)N3CCc4[nH]cnc4[C@H]3c3nc4ccccc4s3)o2)cnn1C. The van der Waals surface area contributed by atoms with Gasteiger partial charge in [-0.3, -0.25) is 9.48 Å². The minimum Gasteiger partial charge on any atom is -0.412 e. The van der Waals surface area contributed by atoms with Crippen LogP contribution in [0.1, 0.15) is 38.8 Å². The number of amides is 1. The predicted molar refractivity (Wildman–Crippen MR) is 116 cm³/mol. The number of carbonyl (C=O) groups is 1. The lowest BCUT2D eigenvalue weighted by atomic mass is 10.0. The van der Waals surface area contributed by atoms with Crippen LogP contribution in [0.2, 0.25) is 0 Å². The van der Waals surface area contributed by atoms with Crippen LogP contribution in [0.3, 0.4) is 0 Å². The number of carbonyl (C=O) groups excluding carboxylic acids is 1. The number of H-pyrrole nitrogens is 1. The molecule has 1 aliphatic rings. The molecule has 0 saturated heterocycles. The van der Waals surface area contributed by atoms with Crippen LogP contribution < -0.4 is 0 Å². The number of aromatic amines is 1. The Kier molecular flexibility index (Phi) is 4.18. The Balaban J connectivity index is 1.40. The maximum Gasteiger partial charge on any atom is 0.312 e. The minimum absolute atomic E-state index is 0.0617. The number of thiazole rings is 1. The highest BCUT2D eigenvalue weighted by Crippen LogP contribution is 2.38. The van der Waals surface area contributed by atoms with Crippen molar-refractivity contribution in [2.45, 2.75) is 19.4 Å². The molecule has 0 unspecified atom stereocenters. The smallest absolute Gasteiger partial charge is 0.312 e. The fraction of sp³-hybridized carbons (Fsp3) is 0.238. The first-order chi connectivity index (χ1) is 15.6. The Hall–Kier alpha value is -3.86. The number of para-hydroxylation sites is 1. The van der Waals surface area contributed by atoms with Crippen molar-refractivity contribution < 1.29 is 9.21 Å². The Morgan fingerprint density at radius 2 is 2.16 bits per heavy atom. The first-order valence-electron chi connectivity index (χ1n) is 10.1. The quantitative estimate of drug-likeness (QED) is 0.453. The highest BCUT2D eigenvalue weighted by atomic mass is 32.1. The summed E-state index contributed by atoms with van der Waals surface area (Å²) in [5.41, 5.74) is 4.28. The van der Waals surface area contributed by atoms with Gasteiger partial charge in [0.25, 0.3) is 5.89 Å². The van der Waals surface area contributed by atoms with E-state index in [4.69, 9.17) is 9.40 Å². The summed E-state index contributed by atoms with van der Waals surface area (Å²) < 4.78 is 8.56. The number of hydrogen-bond donors (Lipinski definition) is 1. The van der Waals surface area contributed by atoms with Gasteiger partial charge in [0.1, 0.15) is 11.0 Å². The summed E-state index contributed by atoms with van der Waals surface area (Å²) in [6, 6.07) is 7.50. The van der Waals surface area contributed by atoms with Crippen molar-refractivity contribution in [3.63, 3.8) is 0 Å². The van der Waals surface area contributed by atoms with E-state index in [-0.39, 0.29) is 17.7 Å². The summed E-state index contributed by atoms with van der Waals surface area (Å²) in [5.74, 6) is -0.135. The van der Waals surface area contributed by atoms with E-state index in [2.05, 4.69) is 25.3 Å².